The van der Waals surface area contributed by atoms with Crippen LogP contribution in [0.15, 0.2) is 42.6 Å². The van der Waals surface area contributed by atoms with E-state index in [0.29, 0.717) is 30.2 Å². The first-order valence-electron chi connectivity index (χ1n) is 14.4. The molecule has 1 aliphatic carbocycles. The number of likely N-dealkylation sites (tertiary alicyclic amines) is 1. The number of aromatic nitrogens is 1. The molecule has 3 heterocycles. The van der Waals surface area contributed by atoms with Gasteiger partial charge in [-0.15, -0.1) is 0 Å². The summed E-state index contributed by atoms with van der Waals surface area (Å²) in [7, 11) is 0. The first kappa shape index (κ1) is 30.7. The number of carbonyl (C=O) groups excluding carboxylic acids is 5. The summed E-state index contributed by atoms with van der Waals surface area (Å²) >= 11 is 12.1. The zero-order valence-corrected chi connectivity index (χ0v) is 24.9. The largest absolute Gasteiger partial charge is 0.482 e. The molecule has 1 aromatic heterocycles. The van der Waals surface area contributed by atoms with E-state index in [2.05, 4.69) is 20.9 Å². The van der Waals surface area contributed by atoms with Crippen LogP contribution in [0, 0.1) is 17.8 Å². The van der Waals surface area contributed by atoms with Crippen molar-refractivity contribution in [3.8, 4) is 5.75 Å². The fourth-order valence-electron chi connectivity index (χ4n) is 6.27. The summed E-state index contributed by atoms with van der Waals surface area (Å²) in [6, 6.07) is 7.79. The summed E-state index contributed by atoms with van der Waals surface area (Å²) < 4.78 is 5.66. The molecule has 3 fully saturated rings. The monoisotopic (exact) mass is 629 g/mol. The number of nitrogens with one attached hydrogen (secondary N) is 3. The minimum absolute atomic E-state index is 0.0274. The van der Waals surface area contributed by atoms with Gasteiger partial charge in [-0.2, -0.15) is 0 Å². The standard InChI is InChI=1S/C30H33Cl2N5O6/c31-19-7-8-24(22(32)13-19)43-16-25(38)37-15-18-4-3-6-21(18)26(37)29(41)36-23(12-17-9-11-34-28(17)40)27(39)30(42)35-14-20-5-1-2-10-33-20/h1-2,5,7-8,10,13,17-18,21,23,26H,3-4,6,9,11-12,14-16H2,(H,34,40)(H,35,42)(H,36,41)/t17-,18-,21+,23-,26?/m0/s1. The van der Waals surface area contributed by atoms with Crippen LogP contribution in [0.4, 0.5) is 0 Å². The fraction of sp³-hybridized carbons (Fsp3) is 0.467. The van der Waals surface area contributed by atoms with Crippen molar-refractivity contribution in [2.24, 2.45) is 17.8 Å². The van der Waals surface area contributed by atoms with Crippen molar-refractivity contribution in [3.05, 3.63) is 58.3 Å². The van der Waals surface area contributed by atoms with Crippen LogP contribution in [0.1, 0.15) is 37.8 Å². The van der Waals surface area contributed by atoms with E-state index in [1.807, 2.05) is 0 Å². The molecule has 5 atom stereocenters. The molecule has 228 valence electrons. The van der Waals surface area contributed by atoms with Crippen molar-refractivity contribution < 1.29 is 28.7 Å². The zero-order valence-electron chi connectivity index (χ0n) is 23.4. The molecular weight excluding hydrogens is 597 g/mol. The van der Waals surface area contributed by atoms with E-state index >= 15 is 0 Å². The molecule has 1 aromatic carbocycles. The van der Waals surface area contributed by atoms with Crippen LogP contribution >= 0.6 is 23.2 Å². The summed E-state index contributed by atoms with van der Waals surface area (Å²) in [6.07, 6.45) is 4.59. The highest BCUT2D eigenvalue weighted by molar-refractivity contribution is 6.38. The average Bonchev–Trinajstić information content (AvgIpc) is 3.71. The lowest BCUT2D eigenvalue weighted by Crippen LogP contribution is -2.55. The molecule has 0 radical (unpaired) electrons. The van der Waals surface area contributed by atoms with Gasteiger partial charge in [-0.3, -0.25) is 29.0 Å². The van der Waals surface area contributed by atoms with Gasteiger partial charge < -0.3 is 25.6 Å². The highest BCUT2D eigenvalue weighted by Gasteiger charge is 2.50. The minimum atomic E-state index is -1.24. The lowest BCUT2D eigenvalue weighted by atomic mass is 9.91. The van der Waals surface area contributed by atoms with Gasteiger partial charge in [0.15, 0.2) is 6.61 Å². The van der Waals surface area contributed by atoms with Crippen molar-refractivity contribution >= 4 is 52.6 Å². The van der Waals surface area contributed by atoms with Gasteiger partial charge in [0.25, 0.3) is 11.8 Å². The molecule has 11 nitrogen and oxygen atoms in total. The molecule has 4 amide bonds. The summed E-state index contributed by atoms with van der Waals surface area (Å²) in [5.41, 5.74) is 0.564. The van der Waals surface area contributed by atoms with Crippen molar-refractivity contribution in [2.75, 3.05) is 19.7 Å². The molecule has 3 aliphatic rings. The number of fused-ring (bicyclic) bond motifs is 1. The lowest BCUT2D eigenvalue weighted by molar-refractivity contribution is -0.144. The predicted octanol–water partition coefficient (Wildman–Crippen LogP) is 2.29. The maximum absolute atomic E-state index is 13.9. The van der Waals surface area contributed by atoms with Crippen LogP contribution in [0.5, 0.6) is 5.75 Å². The van der Waals surface area contributed by atoms with Gasteiger partial charge in [0, 0.05) is 30.2 Å². The summed E-state index contributed by atoms with van der Waals surface area (Å²) in [6.45, 7) is 0.525. The number of ketones is 1. The highest BCUT2D eigenvalue weighted by atomic mass is 35.5. The molecule has 1 saturated carbocycles. The Bertz CT molecular complexity index is 1390. The maximum atomic E-state index is 13.9. The molecule has 5 rings (SSSR count). The predicted molar refractivity (Wildman–Crippen MR) is 157 cm³/mol. The Kier molecular flexibility index (Phi) is 9.82. The molecule has 0 bridgehead atoms. The maximum Gasteiger partial charge on any atom is 0.289 e. The van der Waals surface area contributed by atoms with Crippen LogP contribution in [0.2, 0.25) is 10.0 Å². The van der Waals surface area contributed by atoms with E-state index < -0.39 is 41.5 Å². The third-order valence-electron chi connectivity index (χ3n) is 8.42. The Morgan fingerprint density at radius 1 is 1.12 bits per heavy atom. The van der Waals surface area contributed by atoms with Crippen molar-refractivity contribution in [2.45, 2.75) is 50.7 Å². The van der Waals surface area contributed by atoms with Gasteiger partial charge in [-0.05, 0) is 67.9 Å². The normalized spacial score (nSPS) is 23.3. The van der Waals surface area contributed by atoms with Crippen LogP contribution in [-0.4, -0.2) is 71.1 Å². The number of benzene rings is 1. The molecule has 0 spiro atoms. The topological polar surface area (TPSA) is 147 Å². The van der Waals surface area contributed by atoms with Crippen LogP contribution in [0.25, 0.3) is 0 Å². The Labute approximate surface area is 259 Å². The molecule has 43 heavy (non-hydrogen) atoms. The molecule has 2 aliphatic heterocycles. The fourth-order valence-corrected chi connectivity index (χ4v) is 6.74. The Morgan fingerprint density at radius 3 is 2.67 bits per heavy atom. The number of pyridine rings is 1. The first-order chi connectivity index (χ1) is 20.7. The summed E-state index contributed by atoms with van der Waals surface area (Å²) in [4.78, 5) is 71.5. The second-order valence-corrected chi connectivity index (χ2v) is 12.0. The van der Waals surface area contributed by atoms with Crippen LogP contribution < -0.4 is 20.7 Å². The van der Waals surface area contributed by atoms with Crippen molar-refractivity contribution in [1.82, 2.24) is 25.8 Å². The number of hydrogen-bond acceptors (Lipinski definition) is 7. The molecule has 2 saturated heterocycles. The molecule has 2 aromatic rings. The number of halogens is 2. The molecule has 1 unspecified atom stereocenters. The molecular formula is C30H33Cl2N5O6. The summed E-state index contributed by atoms with van der Waals surface area (Å²) in [5, 5.41) is 8.73. The number of rotatable bonds is 11. The highest BCUT2D eigenvalue weighted by Crippen LogP contribution is 2.42. The second kappa shape index (κ2) is 13.7. The van der Waals surface area contributed by atoms with Gasteiger partial charge >= 0.3 is 0 Å². The second-order valence-electron chi connectivity index (χ2n) is 11.2. The quantitative estimate of drug-likeness (QED) is 0.323. The number of hydrogen-bond donors (Lipinski definition) is 3. The first-order valence-corrected chi connectivity index (χ1v) is 15.1. The SMILES string of the molecule is O=C(NCc1ccccn1)C(=O)[C@H](C[C@@H]1CCNC1=O)NC(=O)C1[C@@H]2CCC[C@H]2CN1C(=O)COc1ccc(Cl)cc1Cl. The lowest BCUT2D eigenvalue weighted by Gasteiger charge is -2.29. The van der Waals surface area contributed by atoms with E-state index in [0.717, 1.165) is 19.3 Å². The van der Waals surface area contributed by atoms with E-state index in [-0.39, 0.29) is 48.1 Å². The number of carbonyl (C=O) groups is 5. The number of amides is 4. The van der Waals surface area contributed by atoms with E-state index in [1.165, 1.54) is 11.0 Å². The number of ether oxygens (including phenoxy) is 1. The number of nitrogens with zero attached hydrogens (tertiary/aromatic N) is 2. The van der Waals surface area contributed by atoms with Gasteiger partial charge in [-0.1, -0.05) is 35.7 Å². The van der Waals surface area contributed by atoms with E-state index in [1.54, 1.807) is 36.5 Å². The third kappa shape index (κ3) is 7.27. The summed E-state index contributed by atoms with van der Waals surface area (Å²) in [5.74, 6) is -3.10. The van der Waals surface area contributed by atoms with Crippen molar-refractivity contribution in [3.63, 3.8) is 0 Å². The molecule has 3 N–H and O–H groups in total. The van der Waals surface area contributed by atoms with Gasteiger partial charge in [-0.25, -0.2) is 0 Å². The van der Waals surface area contributed by atoms with Gasteiger partial charge in [0.05, 0.1) is 23.3 Å². The van der Waals surface area contributed by atoms with Crippen LogP contribution in [0.3, 0.4) is 0 Å². The third-order valence-corrected chi connectivity index (χ3v) is 8.95. The van der Waals surface area contributed by atoms with Crippen molar-refractivity contribution in [1.29, 1.82) is 0 Å². The van der Waals surface area contributed by atoms with Gasteiger partial charge in [0.2, 0.25) is 17.6 Å². The Balaban J connectivity index is 1.29. The minimum Gasteiger partial charge on any atom is -0.482 e. The molecule has 13 heteroatoms. The zero-order chi connectivity index (χ0) is 30.5. The average molecular weight is 631 g/mol. The smallest absolute Gasteiger partial charge is 0.289 e. The van der Waals surface area contributed by atoms with E-state index in [9.17, 15) is 24.0 Å². The van der Waals surface area contributed by atoms with Gasteiger partial charge in [0.1, 0.15) is 11.8 Å². The Hall–Kier alpha value is -3.70. The van der Waals surface area contributed by atoms with Crippen LogP contribution in [-0.2, 0) is 30.5 Å². The number of Topliss-reactive ketones (excluding diaryl/α,β-unsaturated/α-hetero) is 1. The Morgan fingerprint density at radius 2 is 1.95 bits per heavy atom. The van der Waals surface area contributed by atoms with E-state index in [4.69, 9.17) is 27.9 Å².